The number of carbonyl (C=O) groups excluding carboxylic acids is 3. The van der Waals surface area contributed by atoms with E-state index in [0.29, 0.717) is 16.0 Å². The topological polar surface area (TPSA) is 146 Å². The van der Waals surface area contributed by atoms with Crippen LogP contribution in [0.15, 0.2) is 56.3 Å². The van der Waals surface area contributed by atoms with Gasteiger partial charge in [-0.05, 0) is 36.4 Å². The summed E-state index contributed by atoms with van der Waals surface area (Å²) in [7, 11) is 0. The monoisotopic (exact) mass is 418 g/mol. The Kier molecular flexibility index (Phi) is 6.37. The molecule has 3 rings (SSSR count). The Bertz CT molecular complexity index is 1090. The lowest BCUT2D eigenvalue weighted by Crippen LogP contribution is -2.41. The van der Waals surface area contributed by atoms with Gasteiger partial charge in [-0.1, -0.05) is 0 Å². The number of nitrogens with zero attached hydrogens (tertiary/aromatic N) is 2. The van der Waals surface area contributed by atoms with Crippen LogP contribution in [0, 0.1) is 5.82 Å². The largest absolute Gasteiger partial charge is 0.467 e. The van der Waals surface area contributed by atoms with Gasteiger partial charge in [-0.25, -0.2) is 14.0 Å². The molecule has 0 saturated heterocycles. The van der Waals surface area contributed by atoms with E-state index < -0.39 is 42.6 Å². The molecule has 0 fully saturated rings. The predicted octanol–water partition coefficient (Wildman–Crippen LogP) is 0.805. The van der Waals surface area contributed by atoms with E-state index in [1.165, 1.54) is 18.4 Å². The highest BCUT2D eigenvalue weighted by Crippen LogP contribution is 2.15. The maximum Gasteiger partial charge on any atom is 0.437 e. The number of benzene rings is 1. The molecule has 2 heterocycles. The molecular formula is C18H15FN4O7. The fourth-order valence-electron chi connectivity index (χ4n) is 2.22. The van der Waals surface area contributed by atoms with E-state index >= 15 is 0 Å². The molecule has 0 aliphatic rings. The smallest absolute Gasteiger partial charge is 0.437 e. The van der Waals surface area contributed by atoms with Crippen molar-refractivity contribution >= 4 is 17.9 Å². The Hall–Kier alpha value is -4.22. The Balaban J connectivity index is 1.45. The van der Waals surface area contributed by atoms with E-state index in [1.807, 2.05) is 5.32 Å². The fraction of sp³-hybridized carbons (Fsp3) is 0.167. The van der Waals surface area contributed by atoms with Gasteiger partial charge in [0.05, 0.1) is 12.8 Å². The number of furan rings is 1. The SMILES string of the molecule is O=C(COC(=O)Cn1nc(-c2ccc(F)cc2)oc1=O)NC(=O)NCc1ccco1. The summed E-state index contributed by atoms with van der Waals surface area (Å²) in [5.41, 5.74) is 0.334. The highest BCUT2D eigenvalue weighted by atomic mass is 19.1. The Morgan fingerprint density at radius 3 is 2.63 bits per heavy atom. The fourth-order valence-corrected chi connectivity index (χ4v) is 2.22. The van der Waals surface area contributed by atoms with Crippen LogP contribution in [0.2, 0.25) is 0 Å². The number of imide groups is 1. The van der Waals surface area contributed by atoms with Crippen LogP contribution in [0.1, 0.15) is 5.76 Å². The molecule has 0 aliphatic carbocycles. The van der Waals surface area contributed by atoms with Gasteiger partial charge in [0, 0.05) is 5.56 Å². The second-order valence-corrected chi connectivity index (χ2v) is 5.81. The van der Waals surface area contributed by atoms with Crippen LogP contribution in [-0.2, 0) is 27.4 Å². The lowest BCUT2D eigenvalue weighted by atomic mass is 10.2. The van der Waals surface area contributed by atoms with Gasteiger partial charge in [0.25, 0.3) is 5.91 Å². The molecule has 0 radical (unpaired) electrons. The van der Waals surface area contributed by atoms with Gasteiger partial charge < -0.3 is 18.9 Å². The van der Waals surface area contributed by atoms with E-state index in [0.717, 1.165) is 12.1 Å². The maximum absolute atomic E-state index is 13.0. The molecule has 3 aromatic rings. The number of halogens is 1. The molecule has 0 spiro atoms. The van der Waals surface area contributed by atoms with Gasteiger partial charge >= 0.3 is 17.8 Å². The number of esters is 1. The van der Waals surface area contributed by atoms with Gasteiger partial charge in [0.15, 0.2) is 6.61 Å². The number of hydrogen-bond acceptors (Lipinski definition) is 8. The molecule has 1 aromatic carbocycles. The number of amides is 3. The van der Waals surface area contributed by atoms with Crippen molar-refractivity contribution in [3.05, 3.63) is 64.8 Å². The van der Waals surface area contributed by atoms with Crippen molar-refractivity contribution in [3.8, 4) is 11.5 Å². The highest BCUT2D eigenvalue weighted by Gasteiger charge is 2.16. The number of aromatic nitrogens is 2. The first-order chi connectivity index (χ1) is 14.4. The van der Waals surface area contributed by atoms with Crippen molar-refractivity contribution in [1.82, 2.24) is 20.4 Å². The van der Waals surface area contributed by atoms with Gasteiger partial charge in [0.1, 0.15) is 18.1 Å². The number of ether oxygens (including phenoxy) is 1. The average molecular weight is 418 g/mol. The summed E-state index contributed by atoms with van der Waals surface area (Å²) in [5.74, 6) is -2.87. The van der Waals surface area contributed by atoms with E-state index in [9.17, 15) is 23.6 Å². The molecule has 2 aromatic heterocycles. The maximum atomic E-state index is 13.0. The van der Waals surface area contributed by atoms with Crippen molar-refractivity contribution in [2.45, 2.75) is 13.1 Å². The molecule has 0 atom stereocenters. The summed E-state index contributed by atoms with van der Waals surface area (Å²) in [5, 5.41) is 8.15. The molecule has 156 valence electrons. The number of rotatable bonds is 7. The second-order valence-electron chi connectivity index (χ2n) is 5.81. The Morgan fingerprint density at radius 1 is 1.17 bits per heavy atom. The standard InChI is InChI=1S/C18H15FN4O7/c19-12-5-3-11(4-6-12)16-22-23(18(27)30-16)9-15(25)29-10-14(24)21-17(26)20-8-13-2-1-7-28-13/h1-7H,8-10H2,(H2,20,21,24,26). The number of urea groups is 1. The zero-order valence-electron chi connectivity index (χ0n) is 15.3. The lowest BCUT2D eigenvalue weighted by molar-refractivity contribution is -0.149. The summed E-state index contributed by atoms with van der Waals surface area (Å²) in [6.45, 7) is -1.30. The third-order valence-electron chi connectivity index (χ3n) is 3.60. The summed E-state index contributed by atoms with van der Waals surface area (Å²) in [6.07, 6.45) is 1.43. The first kappa shape index (κ1) is 20.5. The van der Waals surface area contributed by atoms with Gasteiger partial charge in [-0.15, -0.1) is 5.10 Å². The van der Waals surface area contributed by atoms with Crippen LogP contribution in [0.4, 0.5) is 9.18 Å². The minimum atomic E-state index is -0.956. The molecule has 11 nitrogen and oxygen atoms in total. The first-order valence-electron chi connectivity index (χ1n) is 8.50. The number of carbonyl (C=O) groups is 3. The van der Waals surface area contributed by atoms with Crippen LogP contribution in [-0.4, -0.2) is 34.3 Å². The normalized spacial score (nSPS) is 10.4. The van der Waals surface area contributed by atoms with Crippen molar-refractivity contribution in [2.24, 2.45) is 0 Å². The van der Waals surface area contributed by atoms with Gasteiger partial charge in [0.2, 0.25) is 5.89 Å². The summed E-state index contributed by atoms with van der Waals surface area (Å²) in [4.78, 5) is 46.8. The molecule has 0 aliphatic heterocycles. The molecule has 3 amide bonds. The zero-order valence-corrected chi connectivity index (χ0v) is 15.3. The number of nitrogens with one attached hydrogen (secondary N) is 2. The lowest BCUT2D eigenvalue weighted by Gasteiger charge is -2.06. The van der Waals surface area contributed by atoms with E-state index in [2.05, 4.69) is 10.4 Å². The minimum absolute atomic E-state index is 0.0668. The molecule has 12 heteroatoms. The molecule has 0 bridgehead atoms. The summed E-state index contributed by atoms with van der Waals surface area (Å²) >= 11 is 0. The Morgan fingerprint density at radius 2 is 1.93 bits per heavy atom. The third kappa shape index (κ3) is 5.64. The molecule has 2 N–H and O–H groups in total. The molecular weight excluding hydrogens is 403 g/mol. The van der Waals surface area contributed by atoms with Crippen LogP contribution < -0.4 is 16.4 Å². The predicted molar refractivity (Wildman–Crippen MR) is 96.2 cm³/mol. The molecule has 0 unspecified atom stereocenters. The minimum Gasteiger partial charge on any atom is -0.467 e. The summed E-state index contributed by atoms with van der Waals surface area (Å²) < 4.78 is 28.3. The Labute approximate surface area is 167 Å². The quantitative estimate of drug-likeness (QED) is 0.536. The highest BCUT2D eigenvalue weighted by molar-refractivity contribution is 5.95. The zero-order chi connectivity index (χ0) is 21.5. The van der Waals surface area contributed by atoms with Crippen molar-refractivity contribution in [3.63, 3.8) is 0 Å². The van der Waals surface area contributed by atoms with E-state index in [-0.39, 0.29) is 12.4 Å². The van der Waals surface area contributed by atoms with Crippen LogP contribution >= 0.6 is 0 Å². The van der Waals surface area contributed by atoms with E-state index in [4.69, 9.17) is 13.6 Å². The van der Waals surface area contributed by atoms with E-state index in [1.54, 1.807) is 12.1 Å². The van der Waals surface area contributed by atoms with Crippen LogP contribution in [0.25, 0.3) is 11.5 Å². The molecule has 30 heavy (non-hydrogen) atoms. The van der Waals surface area contributed by atoms with Gasteiger partial charge in [-0.2, -0.15) is 4.68 Å². The third-order valence-corrected chi connectivity index (χ3v) is 3.60. The second kappa shape index (κ2) is 9.32. The van der Waals surface area contributed by atoms with Crippen molar-refractivity contribution in [2.75, 3.05) is 6.61 Å². The van der Waals surface area contributed by atoms with Crippen molar-refractivity contribution in [1.29, 1.82) is 0 Å². The average Bonchev–Trinajstić information content (AvgIpc) is 3.36. The van der Waals surface area contributed by atoms with Gasteiger partial charge in [-0.3, -0.25) is 14.9 Å². The first-order valence-corrected chi connectivity index (χ1v) is 8.50. The van der Waals surface area contributed by atoms with Crippen molar-refractivity contribution < 1.29 is 32.3 Å². The molecule has 0 saturated carbocycles. The summed E-state index contributed by atoms with van der Waals surface area (Å²) in [6, 6.07) is 7.50. The van der Waals surface area contributed by atoms with Crippen LogP contribution in [0.5, 0.6) is 0 Å². The van der Waals surface area contributed by atoms with Crippen LogP contribution in [0.3, 0.4) is 0 Å². The number of hydrogen-bond donors (Lipinski definition) is 2.